The molecular formula is C11H12BrCl. The molecule has 0 nitrogen and oxygen atoms in total. The molecule has 0 saturated carbocycles. The maximum atomic E-state index is 5.79. The van der Waals surface area contributed by atoms with Crippen LogP contribution in [0.2, 0.25) is 5.02 Å². The molecule has 0 fully saturated rings. The van der Waals surface area contributed by atoms with Gasteiger partial charge < -0.3 is 0 Å². The minimum absolute atomic E-state index is 0.786. The molecule has 0 saturated heterocycles. The van der Waals surface area contributed by atoms with Gasteiger partial charge in [-0.1, -0.05) is 58.2 Å². The lowest BCUT2D eigenvalue weighted by atomic mass is 10.1. The van der Waals surface area contributed by atoms with Crippen molar-refractivity contribution >= 4 is 33.6 Å². The molecule has 0 N–H and O–H groups in total. The summed E-state index contributed by atoms with van der Waals surface area (Å²) in [6, 6.07) is 7.88. The molecule has 0 aromatic heterocycles. The maximum absolute atomic E-state index is 5.79. The Morgan fingerprint density at radius 1 is 1.38 bits per heavy atom. The van der Waals surface area contributed by atoms with Crippen LogP contribution in [0.5, 0.6) is 0 Å². The quantitative estimate of drug-likeness (QED) is 0.700. The number of hydrogen-bond acceptors (Lipinski definition) is 0. The van der Waals surface area contributed by atoms with Gasteiger partial charge in [0, 0.05) is 10.4 Å². The van der Waals surface area contributed by atoms with Gasteiger partial charge in [0.25, 0.3) is 0 Å². The van der Waals surface area contributed by atoms with E-state index in [2.05, 4.69) is 28.9 Å². The lowest BCUT2D eigenvalue weighted by Gasteiger charge is -1.99. The number of allylic oxidation sites excluding steroid dienone is 1. The fourth-order valence-electron chi connectivity index (χ4n) is 1.03. The molecule has 0 aliphatic rings. The number of halogens is 2. The van der Waals surface area contributed by atoms with E-state index in [9.17, 15) is 0 Å². The summed E-state index contributed by atoms with van der Waals surface area (Å²) < 4.78 is 0. The molecule has 0 aliphatic carbocycles. The summed E-state index contributed by atoms with van der Waals surface area (Å²) in [5.41, 5.74) is 2.60. The monoisotopic (exact) mass is 258 g/mol. The molecule has 0 amide bonds. The number of benzene rings is 1. The van der Waals surface area contributed by atoms with Crippen molar-refractivity contribution in [3.8, 4) is 0 Å². The largest absolute Gasteiger partial charge is 0.0880 e. The molecule has 70 valence electrons. The minimum atomic E-state index is 0.786. The molecule has 0 unspecified atom stereocenters. The first-order valence-corrected chi connectivity index (χ1v) is 5.77. The van der Waals surface area contributed by atoms with Crippen LogP contribution in [0.1, 0.15) is 18.9 Å². The van der Waals surface area contributed by atoms with Crippen molar-refractivity contribution in [3.05, 3.63) is 40.4 Å². The summed E-state index contributed by atoms with van der Waals surface area (Å²) in [5, 5.41) is 1.72. The van der Waals surface area contributed by atoms with Crippen LogP contribution in [-0.4, -0.2) is 5.33 Å². The second-order valence-electron chi connectivity index (χ2n) is 2.84. The van der Waals surface area contributed by atoms with Crippen molar-refractivity contribution < 1.29 is 0 Å². The highest BCUT2D eigenvalue weighted by molar-refractivity contribution is 9.09. The van der Waals surface area contributed by atoms with Crippen molar-refractivity contribution in [1.82, 2.24) is 0 Å². The van der Waals surface area contributed by atoms with Crippen molar-refractivity contribution in [2.24, 2.45) is 0 Å². The van der Waals surface area contributed by atoms with Gasteiger partial charge in [-0.05, 0) is 24.1 Å². The van der Waals surface area contributed by atoms with Gasteiger partial charge in [0.05, 0.1) is 0 Å². The van der Waals surface area contributed by atoms with Gasteiger partial charge in [0.2, 0.25) is 0 Å². The van der Waals surface area contributed by atoms with Crippen LogP contribution < -0.4 is 0 Å². The van der Waals surface area contributed by atoms with Crippen LogP contribution in [0.3, 0.4) is 0 Å². The Labute approximate surface area is 92.7 Å². The van der Waals surface area contributed by atoms with Crippen molar-refractivity contribution in [3.63, 3.8) is 0 Å². The molecule has 0 bridgehead atoms. The summed E-state index contributed by atoms with van der Waals surface area (Å²) >= 11 is 9.24. The van der Waals surface area contributed by atoms with Gasteiger partial charge in [-0.15, -0.1) is 0 Å². The lowest BCUT2D eigenvalue weighted by molar-refractivity contribution is 1.12. The van der Waals surface area contributed by atoms with E-state index in [1.165, 1.54) is 11.1 Å². The topological polar surface area (TPSA) is 0 Å². The number of rotatable bonds is 3. The van der Waals surface area contributed by atoms with Gasteiger partial charge in [-0.3, -0.25) is 0 Å². The Balaban J connectivity index is 2.84. The standard InChI is InChI=1S/C11H12BrCl/c1-2-9(8-12)7-10-3-5-11(13)6-4-10/h3-7H,2,8H2,1H3. The molecule has 0 spiro atoms. The molecule has 0 atom stereocenters. The predicted octanol–water partition coefficient (Wildman–Crippen LogP) is 4.53. The molecule has 13 heavy (non-hydrogen) atoms. The summed E-state index contributed by atoms with van der Waals surface area (Å²) in [7, 11) is 0. The molecule has 1 aromatic rings. The molecular weight excluding hydrogens is 247 g/mol. The Kier molecular flexibility index (Phi) is 4.54. The van der Waals surface area contributed by atoms with E-state index < -0.39 is 0 Å². The normalized spacial score (nSPS) is 11.8. The molecule has 0 radical (unpaired) electrons. The zero-order chi connectivity index (χ0) is 9.68. The van der Waals surface area contributed by atoms with E-state index in [0.29, 0.717) is 0 Å². The average Bonchev–Trinajstić information content (AvgIpc) is 2.17. The third kappa shape index (κ3) is 3.53. The number of alkyl halides is 1. The number of hydrogen-bond donors (Lipinski definition) is 0. The van der Waals surface area contributed by atoms with Crippen LogP contribution >= 0.6 is 27.5 Å². The van der Waals surface area contributed by atoms with Gasteiger partial charge in [0.15, 0.2) is 0 Å². The zero-order valence-corrected chi connectivity index (χ0v) is 9.90. The van der Waals surface area contributed by atoms with Crippen LogP contribution in [-0.2, 0) is 0 Å². The summed E-state index contributed by atoms with van der Waals surface area (Å²) in [6.07, 6.45) is 3.26. The van der Waals surface area contributed by atoms with Crippen LogP contribution in [0.4, 0.5) is 0 Å². The van der Waals surface area contributed by atoms with Crippen molar-refractivity contribution in [2.45, 2.75) is 13.3 Å². The van der Waals surface area contributed by atoms with Gasteiger partial charge in [-0.2, -0.15) is 0 Å². The van der Waals surface area contributed by atoms with E-state index in [0.717, 1.165) is 16.8 Å². The van der Waals surface area contributed by atoms with Gasteiger partial charge in [0.1, 0.15) is 0 Å². The van der Waals surface area contributed by atoms with Crippen molar-refractivity contribution in [2.75, 3.05) is 5.33 Å². The second kappa shape index (κ2) is 5.46. The Morgan fingerprint density at radius 2 is 2.00 bits per heavy atom. The molecule has 1 rings (SSSR count). The highest BCUT2D eigenvalue weighted by Crippen LogP contribution is 2.14. The third-order valence-corrected chi connectivity index (χ3v) is 2.84. The smallest absolute Gasteiger partial charge is 0.0406 e. The molecule has 2 heteroatoms. The Bertz CT molecular complexity index is 281. The fourth-order valence-corrected chi connectivity index (χ4v) is 1.71. The third-order valence-electron chi connectivity index (χ3n) is 1.87. The molecule has 1 aromatic carbocycles. The van der Waals surface area contributed by atoms with Gasteiger partial charge in [-0.25, -0.2) is 0 Å². The lowest BCUT2D eigenvalue weighted by Crippen LogP contribution is -1.81. The van der Waals surface area contributed by atoms with Crippen molar-refractivity contribution in [1.29, 1.82) is 0 Å². The second-order valence-corrected chi connectivity index (χ2v) is 3.84. The van der Waals surface area contributed by atoms with E-state index in [1.807, 2.05) is 24.3 Å². The molecule has 0 aliphatic heterocycles. The Hall–Kier alpha value is -0.270. The minimum Gasteiger partial charge on any atom is -0.0880 e. The zero-order valence-electron chi connectivity index (χ0n) is 7.56. The van der Waals surface area contributed by atoms with E-state index in [1.54, 1.807) is 0 Å². The Morgan fingerprint density at radius 3 is 2.46 bits per heavy atom. The fraction of sp³-hybridized carbons (Fsp3) is 0.273. The van der Waals surface area contributed by atoms with E-state index in [-0.39, 0.29) is 0 Å². The summed E-state index contributed by atoms with van der Waals surface area (Å²) in [5.74, 6) is 0. The van der Waals surface area contributed by atoms with Crippen LogP contribution in [0.15, 0.2) is 29.8 Å². The highest BCUT2D eigenvalue weighted by atomic mass is 79.9. The maximum Gasteiger partial charge on any atom is 0.0406 e. The van der Waals surface area contributed by atoms with Crippen LogP contribution in [0.25, 0.3) is 6.08 Å². The predicted molar refractivity (Wildman–Crippen MR) is 63.5 cm³/mol. The summed E-state index contributed by atoms with van der Waals surface area (Å²) in [6.45, 7) is 2.16. The first kappa shape index (κ1) is 10.8. The van der Waals surface area contributed by atoms with Crippen LogP contribution in [0, 0.1) is 0 Å². The van der Waals surface area contributed by atoms with E-state index in [4.69, 9.17) is 11.6 Å². The average molecular weight is 260 g/mol. The molecule has 0 heterocycles. The first-order valence-electron chi connectivity index (χ1n) is 4.27. The van der Waals surface area contributed by atoms with E-state index >= 15 is 0 Å². The van der Waals surface area contributed by atoms with Gasteiger partial charge >= 0.3 is 0 Å². The SMILES string of the molecule is CCC(=Cc1ccc(Cl)cc1)CBr. The highest BCUT2D eigenvalue weighted by Gasteiger charge is 1.93. The summed E-state index contributed by atoms with van der Waals surface area (Å²) in [4.78, 5) is 0. The first-order chi connectivity index (χ1) is 6.26.